The number of para-hydroxylation sites is 1. The SMILES string of the molecule is CCCCCCCCCCCCOC(=O)C(CC)(CC)C(=O)Oc1ccccc1C. The van der Waals surface area contributed by atoms with Crippen molar-refractivity contribution in [2.75, 3.05) is 6.61 Å². The highest BCUT2D eigenvalue weighted by Gasteiger charge is 2.46. The van der Waals surface area contributed by atoms with Crippen LogP contribution in [0.15, 0.2) is 24.3 Å². The molecule has 0 saturated carbocycles. The Kier molecular flexibility index (Phi) is 13.1. The van der Waals surface area contributed by atoms with Crippen LogP contribution in [0.1, 0.15) is 103 Å². The van der Waals surface area contributed by atoms with Crippen LogP contribution in [0.4, 0.5) is 0 Å². The van der Waals surface area contributed by atoms with Crippen LogP contribution in [0.25, 0.3) is 0 Å². The summed E-state index contributed by atoms with van der Waals surface area (Å²) in [5.41, 5.74) is -0.369. The van der Waals surface area contributed by atoms with E-state index in [1.165, 1.54) is 51.4 Å². The molecule has 0 aromatic heterocycles. The van der Waals surface area contributed by atoms with Gasteiger partial charge in [-0.2, -0.15) is 0 Å². The minimum atomic E-state index is -1.24. The number of hydrogen-bond acceptors (Lipinski definition) is 4. The Morgan fingerprint density at radius 1 is 0.767 bits per heavy atom. The molecule has 0 saturated heterocycles. The second-order valence-corrected chi connectivity index (χ2v) is 8.26. The maximum absolute atomic E-state index is 12.9. The van der Waals surface area contributed by atoms with Crippen molar-refractivity contribution in [3.63, 3.8) is 0 Å². The molecule has 0 spiro atoms. The molecule has 0 heterocycles. The fraction of sp³-hybridized carbons (Fsp3) is 0.692. The molecule has 1 rings (SSSR count). The largest absolute Gasteiger partial charge is 0.465 e. The first-order valence-electron chi connectivity index (χ1n) is 12.0. The standard InChI is InChI=1S/C26H42O4/c1-5-8-9-10-11-12-13-14-15-18-21-29-24(27)26(6-2,7-3)25(28)30-23-20-17-16-19-22(23)4/h16-17,19-20H,5-15,18,21H2,1-4H3. The smallest absolute Gasteiger partial charge is 0.328 e. The Balaban J connectivity index is 2.37. The van der Waals surface area contributed by atoms with Crippen molar-refractivity contribution in [2.24, 2.45) is 5.41 Å². The van der Waals surface area contributed by atoms with E-state index in [0.717, 1.165) is 18.4 Å². The third kappa shape index (κ3) is 8.49. The molecule has 4 nitrogen and oxygen atoms in total. The van der Waals surface area contributed by atoms with Gasteiger partial charge in [-0.25, -0.2) is 0 Å². The molecule has 4 heteroatoms. The van der Waals surface area contributed by atoms with Gasteiger partial charge in [-0.15, -0.1) is 0 Å². The third-order valence-corrected chi connectivity index (χ3v) is 6.02. The number of benzene rings is 1. The molecule has 0 radical (unpaired) electrons. The van der Waals surface area contributed by atoms with Crippen LogP contribution in [-0.2, 0) is 14.3 Å². The van der Waals surface area contributed by atoms with Crippen LogP contribution >= 0.6 is 0 Å². The first-order valence-corrected chi connectivity index (χ1v) is 12.0. The number of aryl methyl sites for hydroxylation is 1. The topological polar surface area (TPSA) is 52.6 Å². The molecule has 0 N–H and O–H groups in total. The quantitative estimate of drug-likeness (QED) is 0.124. The number of unbranched alkanes of at least 4 members (excludes halogenated alkanes) is 9. The Bertz CT molecular complexity index is 619. The first-order chi connectivity index (χ1) is 14.5. The van der Waals surface area contributed by atoms with E-state index in [1.807, 2.05) is 39.0 Å². The zero-order valence-corrected chi connectivity index (χ0v) is 19.6. The summed E-state index contributed by atoms with van der Waals surface area (Å²) in [6, 6.07) is 7.34. The molecule has 0 atom stereocenters. The van der Waals surface area contributed by atoms with Crippen molar-refractivity contribution in [3.05, 3.63) is 29.8 Å². The number of rotatable bonds is 16. The molecule has 170 valence electrons. The Hall–Kier alpha value is -1.84. The van der Waals surface area contributed by atoms with E-state index in [-0.39, 0.29) is 0 Å². The number of carbonyl (C=O) groups is 2. The van der Waals surface area contributed by atoms with Gasteiger partial charge >= 0.3 is 11.9 Å². The number of esters is 2. The van der Waals surface area contributed by atoms with Crippen LogP contribution < -0.4 is 4.74 Å². The summed E-state index contributed by atoms with van der Waals surface area (Å²) < 4.78 is 11.1. The van der Waals surface area contributed by atoms with Crippen molar-refractivity contribution < 1.29 is 19.1 Å². The number of carbonyl (C=O) groups excluding carboxylic acids is 2. The van der Waals surface area contributed by atoms with Gasteiger partial charge in [0, 0.05) is 0 Å². The summed E-state index contributed by atoms with van der Waals surface area (Å²) in [6.07, 6.45) is 13.0. The summed E-state index contributed by atoms with van der Waals surface area (Å²) in [5, 5.41) is 0. The summed E-state index contributed by atoms with van der Waals surface area (Å²) >= 11 is 0. The van der Waals surface area contributed by atoms with Crippen LogP contribution in [0, 0.1) is 12.3 Å². The molecule has 1 aromatic carbocycles. The molecular formula is C26H42O4. The summed E-state index contributed by atoms with van der Waals surface area (Å²) in [7, 11) is 0. The molecule has 1 aromatic rings. The summed E-state index contributed by atoms with van der Waals surface area (Å²) in [5.74, 6) is -0.479. The molecule has 0 aliphatic heterocycles. The van der Waals surface area contributed by atoms with Crippen LogP contribution in [-0.4, -0.2) is 18.5 Å². The minimum absolute atomic E-state index is 0.366. The van der Waals surface area contributed by atoms with Crippen molar-refractivity contribution in [1.82, 2.24) is 0 Å². The Morgan fingerprint density at radius 3 is 1.83 bits per heavy atom. The maximum atomic E-state index is 12.9. The molecule has 0 bridgehead atoms. The van der Waals surface area contributed by atoms with E-state index in [2.05, 4.69) is 6.92 Å². The van der Waals surface area contributed by atoms with Crippen molar-refractivity contribution >= 4 is 11.9 Å². The molecule has 0 fully saturated rings. The molecule has 0 unspecified atom stereocenters. The highest BCUT2D eigenvalue weighted by atomic mass is 16.6. The lowest BCUT2D eigenvalue weighted by atomic mass is 9.82. The van der Waals surface area contributed by atoms with E-state index in [1.54, 1.807) is 6.07 Å². The molecule has 0 amide bonds. The molecular weight excluding hydrogens is 376 g/mol. The molecule has 0 aliphatic carbocycles. The zero-order chi connectivity index (χ0) is 22.2. The van der Waals surface area contributed by atoms with Gasteiger partial charge < -0.3 is 9.47 Å². The summed E-state index contributed by atoms with van der Waals surface area (Å²) in [6.45, 7) is 8.17. The minimum Gasteiger partial charge on any atom is -0.465 e. The van der Waals surface area contributed by atoms with E-state index >= 15 is 0 Å². The fourth-order valence-electron chi connectivity index (χ4n) is 3.67. The lowest BCUT2D eigenvalue weighted by molar-refractivity contribution is -0.168. The van der Waals surface area contributed by atoms with Crippen LogP contribution in [0.2, 0.25) is 0 Å². The lowest BCUT2D eigenvalue weighted by Crippen LogP contribution is -2.42. The van der Waals surface area contributed by atoms with Gasteiger partial charge in [-0.1, -0.05) is 96.8 Å². The highest BCUT2D eigenvalue weighted by Crippen LogP contribution is 2.32. The number of hydrogen-bond donors (Lipinski definition) is 0. The van der Waals surface area contributed by atoms with Gasteiger partial charge in [0.2, 0.25) is 0 Å². The average Bonchev–Trinajstić information content (AvgIpc) is 2.75. The highest BCUT2D eigenvalue weighted by molar-refractivity contribution is 6.00. The average molecular weight is 419 g/mol. The van der Waals surface area contributed by atoms with Crippen molar-refractivity contribution in [1.29, 1.82) is 0 Å². The Labute approximate surface area is 183 Å². The molecule has 30 heavy (non-hydrogen) atoms. The predicted molar refractivity (Wildman–Crippen MR) is 123 cm³/mol. The second kappa shape index (κ2) is 15.0. The second-order valence-electron chi connectivity index (χ2n) is 8.26. The van der Waals surface area contributed by atoms with Gasteiger partial charge in [-0.05, 0) is 37.8 Å². The van der Waals surface area contributed by atoms with Crippen LogP contribution in [0.5, 0.6) is 5.75 Å². The van der Waals surface area contributed by atoms with Crippen molar-refractivity contribution in [2.45, 2.75) is 105 Å². The first kappa shape index (κ1) is 26.2. The third-order valence-electron chi connectivity index (χ3n) is 6.02. The van der Waals surface area contributed by atoms with Crippen LogP contribution in [0.3, 0.4) is 0 Å². The fourth-order valence-corrected chi connectivity index (χ4v) is 3.67. The summed E-state index contributed by atoms with van der Waals surface area (Å²) in [4.78, 5) is 25.6. The van der Waals surface area contributed by atoms with Gasteiger partial charge in [0.15, 0.2) is 5.41 Å². The van der Waals surface area contributed by atoms with E-state index in [9.17, 15) is 9.59 Å². The maximum Gasteiger partial charge on any atom is 0.328 e. The molecule has 0 aliphatic rings. The lowest BCUT2D eigenvalue weighted by Gasteiger charge is -2.27. The van der Waals surface area contributed by atoms with Crippen molar-refractivity contribution in [3.8, 4) is 5.75 Å². The predicted octanol–water partition coefficient (Wildman–Crippen LogP) is 7.17. The number of ether oxygens (including phenoxy) is 2. The zero-order valence-electron chi connectivity index (χ0n) is 19.6. The van der Waals surface area contributed by atoms with E-state index in [4.69, 9.17) is 9.47 Å². The van der Waals surface area contributed by atoms with Gasteiger partial charge in [-0.3, -0.25) is 9.59 Å². The van der Waals surface area contributed by atoms with E-state index < -0.39 is 17.4 Å². The van der Waals surface area contributed by atoms with Gasteiger partial charge in [0.25, 0.3) is 0 Å². The normalized spacial score (nSPS) is 11.3. The van der Waals surface area contributed by atoms with Gasteiger partial charge in [0.1, 0.15) is 5.75 Å². The van der Waals surface area contributed by atoms with Gasteiger partial charge in [0.05, 0.1) is 6.61 Å². The van der Waals surface area contributed by atoms with E-state index in [0.29, 0.717) is 25.2 Å². The Morgan fingerprint density at radius 2 is 1.30 bits per heavy atom. The monoisotopic (exact) mass is 418 g/mol.